The first kappa shape index (κ1) is 20.2. The molecule has 1 fully saturated rings. The van der Waals surface area contributed by atoms with Crippen molar-refractivity contribution in [1.82, 2.24) is 9.88 Å². The van der Waals surface area contributed by atoms with E-state index < -0.39 is 0 Å². The lowest BCUT2D eigenvalue weighted by Crippen LogP contribution is -2.29. The molecule has 1 aliphatic heterocycles. The van der Waals surface area contributed by atoms with Crippen LogP contribution in [0, 0.1) is 6.57 Å². The van der Waals surface area contributed by atoms with Crippen molar-refractivity contribution in [2.75, 3.05) is 25.5 Å². The van der Waals surface area contributed by atoms with Crippen LogP contribution in [0.1, 0.15) is 24.3 Å². The van der Waals surface area contributed by atoms with Gasteiger partial charge in [-0.05, 0) is 85.9 Å². The summed E-state index contributed by atoms with van der Waals surface area (Å²) in [4.78, 5) is 10.4. The summed E-state index contributed by atoms with van der Waals surface area (Å²) in [5, 5.41) is 4.68. The first-order valence-corrected chi connectivity index (χ1v) is 11.1. The summed E-state index contributed by atoms with van der Waals surface area (Å²) in [5.74, 6) is 0.666. The Balaban J connectivity index is 1.40. The normalized spacial score (nSPS) is 14.9. The Morgan fingerprint density at radius 2 is 1.62 bits per heavy atom. The largest absolute Gasteiger partial charge is 0.355 e. The molecule has 158 valence electrons. The lowest BCUT2D eigenvalue weighted by Gasteiger charge is -2.29. The topological polar surface area (TPSA) is 32.5 Å². The van der Waals surface area contributed by atoms with E-state index in [1.807, 2.05) is 36.5 Å². The number of rotatable bonds is 4. The lowest BCUT2D eigenvalue weighted by molar-refractivity contribution is 0.255. The van der Waals surface area contributed by atoms with Crippen LogP contribution in [-0.4, -0.2) is 30.0 Å². The maximum Gasteiger partial charge on any atom is 0.187 e. The van der Waals surface area contributed by atoms with Crippen molar-refractivity contribution in [2.45, 2.75) is 18.8 Å². The molecule has 0 amide bonds. The monoisotopic (exact) mass is 418 g/mol. The highest BCUT2D eigenvalue weighted by atomic mass is 15.1. The van der Waals surface area contributed by atoms with Crippen LogP contribution in [0.2, 0.25) is 0 Å². The van der Waals surface area contributed by atoms with Crippen LogP contribution < -0.4 is 5.32 Å². The molecule has 0 atom stereocenters. The smallest absolute Gasteiger partial charge is 0.187 e. The molecule has 1 aliphatic rings. The molecule has 1 N–H and O–H groups in total. The van der Waals surface area contributed by atoms with Gasteiger partial charge in [0.05, 0.1) is 12.1 Å². The molecule has 4 heteroatoms. The van der Waals surface area contributed by atoms with E-state index in [-0.39, 0.29) is 0 Å². The van der Waals surface area contributed by atoms with E-state index in [0.29, 0.717) is 11.6 Å². The maximum atomic E-state index is 7.15. The minimum atomic E-state index is 0.655. The number of hydrogen-bond donors (Lipinski definition) is 1. The molecule has 0 spiro atoms. The van der Waals surface area contributed by atoms with Crippen LogP contribution in [0.4, 0.5) is 17.1 Å². The van der Waals surface area contributed by atoms with Crippen molar-refractivity contribution < 1.29 is 0 Å². The summed E-state index contributed by atoms with van der Waals surface area (Å²) < 4.78 is 0. The summed E-state index contributed by atoms with van der Waals surface area (Å²) in [6.45, 7) is 9.50. The van der Waals surface area contributed by atoms with Gasteiger partial charge in [-0.3, -0.25) is 4.98 Å². The number of pyridine rings is 1. The molecule has 3 aromatic carbocycles. The Kier molecular flexibility index (Phi) is 5.58. The molecule has 0 bridgehead atoms. The highest BCUT2D eigenvalue weighted by Crippen LogP contribution is 2.32. The molecule has 1 saturated heterocycles. The van der Waals surface area contributed by atoms with E-state index in [1.54, 1.807) is 0 Å². The van der Waals surface area contributed by atoms with Crippen molar-refractivity contribution in [3.8, 4) is 11.1 Å². The summed E-state index contributed by atoms with van der Waals surface area (Å²) >= 11 is 0. The number of nitrogens with one attached hydrogen (secondary N) is 1. The number of fused-ring (bicyclic) bond motifs is 1. The first-order valence-electron chi connectivity index (χ1n) is 11.1. The van der Waals surface area contributed by atoms with E-state index in [2.05, 4.69) is 69.6 Å². The summed E-state index contributed by atoms with van der Waals surface area (Å²) in [6.07, 6.45) is 4.32. The predicted molar refractivity (Wildman–Crippen MR) is 133 cm³/mol. The second-order valence-corrected chi connectivity index (χ2v) is 8.57. The number of likely N-dealkylation sites (tertiary alicyclic amines) is 1. The quantitative estimate of drug-likeness (QED) is 0.362. The molecule has 0 aliphatic carbocycles. The third-order valence-corrected chi connectivity index (χ3v) is 6.45. The van der Waals surface area contributed by atoms with Crippen molar-refractivity contribution >= 4 is 28.0 Å². The van der Waals surface area contributed by atoms with E-state index in [0.717, 1.165) is 33.4 Å². The molecule has 4 nitrogen and oxygen atoms in total. The van der Waals surface area contributed by atoms with Crippen LogP contribution in [-0.2, 0) is 0 Å². The van der Waals surface area contributed by atoms with Gasteiger partial charge in [0.1, 0.15) is 0 Å². The van der Waals surface area contributed by atoms with Gasteiger partial charge in [0, 0.05) is 23.0 Å². The van der Waals surface area contributed by atoms with Crippen LogP contribution in [0.25, 0.3) is 26.9 Å². The number of benzene rings is 3. The Hall–Kier alpha value is -3.68. The minimum absolute atomic E-state index is 0.655. The second kappa shape index (κ2) is 8.82. The predicted octanol–water partition coefficient (Wildman–Crippen LogP) is 7.01. The van der Waals surface area contributed by atoms with Gasteiger partial charge < -0.3 is 10.2 Å². The van der Waals surface area contributed by atoms with E-state index in [1.165, 1.54) is 31.5 Å². The van der Waals surface area contributed by atoms with E-state index >= 15 is 0 Å². The standard InChI is InChI=1S/C28H26N4/c1-29-24-8-3-21(4-9-24)23-7-12-27-26(19-23)28(13-16-30-27)31-25-10-5-20(6-11-25)22-14-17-32(2)18-15-22/h3-13,16,19,22H,14-15,17-18H2,2H3,(H,30,31). The molecule has 0 radical (unpaired) electrons. The van der Waals surface area contributed by atoms with Crippen LogP contribution in [0.5, 0.6) is 0 Å². The van der Waals surface area contributed by atoms with E-state index in [9.17, 15) is 0 Å². The Morgan fingerprint density at radius 3 is 2.34 bits per heavy atom. The Bertz CT molecular complexity index is 1260. The van der Waals surface area contributed by atoms with Gasteiger partial charge in [0.15, 0.2) is 5.69 Å². The molecule has 2 heterocycles. The van der Waals surface area contributed by atoms with Crippen LogP contribution in [0.3, 0.4) is 0 Å². The average Bonchev–Trinajstić information content (AvgIpc) is 2.85. The number of anilines is 2. The van der Waals surface area contributed by atoms with E-state index in [4.69, 9.17) is 6.57 Å². The highest BCUT2D eigenvalue weighted by Gasteiger charge is 2.18. The summed E-state index contributed by atoms with van der Waals surface area (Å²) in [6, 6.07) is 25.0. The molecule has 1 aromatic heterocycles. The zero-order valence-corrected chi connectivity index (χ0v) is 18.3. The SMILES string of the molecule is [C-]#[N+]c1ccc(-c2ccc3nccc(Nc4ccc(C5CCN(C)CC5)cc4)c3c2)cc1. The van der Waals surface area contributed by atoms with Gasteiger partial charge in [-0.1, -0.05) is 42.5 Å². The van der Waals surface area contributed by atoms with Gasteiger partial charge in [-0.2, -0.15) is 0 Å². The molecule has 4 aromatic rings. The fraction of sp³-hybridized carbons (Fsp3) is 0.214. The third kappa shape index (κ3) is 4.21. The molecule has 0 unspecified atom stereocenters. The fourth-order valence-electron chi connectivity index (χ4n) is 4.50. The van der Waals surface area contributed by atoms with Gasteiger partial charge in [-0.15, -0.1) is 0 Å². The lowest BCUT2D eigenvalue weighted by atomic mass is 9.89. The number of hydrogen-bond acceptors (Lipinski definition) is 3. The zero-order valence-electron chi connectivity index (χ0n) is 18.3. The van der Waals surface area contributed by atoms with Crippen molar-refractivity contribution in [3.05, 3.63) is 96.0 Å². The molecule has 0 saturated carbocycles. The average molecular weight is 419 g/mol. The Morgan fingerprint density at radius 1 is 0.906 bits per heavy atom. The Labute approximate surface area is 189 Å². The minimum Gasteiger partial charge on any atom is -0.355 e. The molecular weight excluding hydrogens is 392 g/mol. The number of nitrogens with zero attached hydrogens (tertiary/aromatic N) is 3. The van der Waals surface area contributed by atoms with Gasteiger partial charge in [0.2, 0.25) is 0 Å². The third-order valence-electron chi connectivity index (χ3n) is 6.45. The molecule has 32 heavy (non-hydrogen) atoms. The van der Waals surface area contributed by atoms with Crippen molar-refractivity contribution in [3.63, 3.8) is 0 Å². The van der Waals surface area contributed by atoms with Crippen molar-refractivity contribution in [2.24, 2.45) is 0 Å². The van der Waals surface area contributed by atoms with Gasteiger partial charge in [-0.25, -0.2) is 4.85 Å². The van der Waals surface area contributed by atoms with Gasteiger partial charge in [0.25, 0.3) is 0 Å². The van der Waals surface area contributed by atoms with Crippen molar-refractivity contribution in [1.29, 1.82) is 0 Å². The number of piperidine rings is 1. The molecular formula is C28H26N4. The highest BCUT2D eigenvalue weighted by molar-refractivity contribution is 5.95. The summed E-state index contributed by atoms with van der Waals surface area (Å²) in [7, 11) is 2.20. The number of aromatic nitrogens is 1. The van der Waals surface area contributed by atoms with Gasteiger partial charge >= 0.3 is 0 Å². The zero-order chi connectivity index (χ0) is 21.9. The van der Waals surface area contributed by atoms with Crippen LogP contribution in [0.15, 0.2) is 79.0 Å². The maximum absolute atomic E-state index is 7.15. The van der Waals surface area contributed by atoms with Crippen LogP contribution >= 0.6 is 0 Å². The molecule has 5 rings (SSSR count). The first-order chi connectivity index (χ1) is 15.7. The second-order valence-electron chi connectivity index (χ2n) is 8.57. The fourth-order valence-corrected chi connectivity index (χ4v) is 4.50. The summed E-state index contributed by atoms with van der Waals surface area (Å²) in [5.41, 5.74) is 7.39.